The SMILES string of the molecule is Cc1nn(CC(C)C)c(C)c1CCC(=O)N(C)[C@@H](C)c1ccc(-n2cncn2)cc1. The lowest BCUT2D eigenvalue weighted by molar-refractivity contribution is -0.131. The third kappa shape index (κ3) is 4.78. The molecule has 0 unspecified atom stereocenters. The molecule has 2 heterocycles. The highest BCUT2D eigenvalue weighted by Gasteiger charge is 2.19. The van der Waals surface area contributed by atoms with Crippen molar-refractivity contribution in [3.8, 4) is 5.69 Å². The van der Waals surface area contributed by atoms with Gasteiger partial charge in [-0.05, 0) is 56.4 Å². The van der Waals surface area contributed by atoms with E-state index in [1.807, 2.05) is 43.1 Å². The number of benzene rings is 1. The highest BCUT2D eigenvalue weighted by Crippen LogP contribution is 2.22. The first-order valence-electron chi connectivity index (χ1n) is 10.5. The number of carbonyl (C=O) groups is 1. The molecule has 1 amide bonds. The molecule has 0 N–H and O–H groups in total. The van der Waals surface area contributed by atoms with Gasteiger partial charge in [-0.25, -0.2) is 9.67 Å². The maximum Gasteiger partial charge on any atom is 0.223 e. The first-order valence-corrected chi connectivity index (χ1v) is 10.5. The standard InChI is InChI=1S/C23H32N6O/c1-16(2)13-28-19(5)22(17(3)26-28)11-12-23(30)27(6)18(4)20-7-9-21(10-8-20)29-15-24-14-25-29/h7-10,14-16,18H,11-13H2,1-6H3/t18-/m0/s1. The third-order valence-corrected chi connectivity index (χ3v) is 5.69. The van der Waals surface area contributed by atoms with Crippen molar-refractivity contribution in [2.24, 2.45) is 5.92 Å². The Morgan fingerprint density at radius 2 is 1.83 bits per heavy atom. The van der Waals surface area contributed by atoms with Crippen molar-refractivity contribution < 1.29 is 4.79 Å². The van der Waals surface area contributed by atoms with E-state index in [4.69, 9.17) is 0 Å². The van der Waals surface area contributed by atoms with Gasteiger partial charge in [0, 0.05) is 25.7 Å². The largest absolute Gasteiger partial charge is 0.339 e. The zero-order chi connectivity index (χ0) is 21.8. The quantitative estimate of drug-likeness (QED) is 0.567. The molecule has 0 saturated heterocycles. The van der Waals surface area contributed by atoms with Crippen LogP contribution in [0.4, 0.5) is 0 Å². The zero-order valence-corrected chi connectivity index (χ0v) is 18.8. The minimum atomic E-state index is -0.00634. The van der Waals surface area contributed by atoms with E-state index < -0.39 is 0 Å². The van der Waals surface area contributed by atoms with Crippen molar-refractivity contribution in [3.63, 3.8) is 0 Å². The highest BCUT2D eigenvalue weighted by molar-refractivity contribution is 5.76. The number of aryl methyl sites for hydroxylation is 1. The average molecular weight is 409 g/mol. The predicted molar refractivity (Wildman–Crippen MR) is 117 cm³/mol. The molecule has 0 aliphatic rings. The first kappa shape index (κ1) is 21.7. The molecule has 0 spiro atoms. The number of rotatable bonds is 8. The molecule has 0 radical (unpaired) electrons. The Bertz CT molecular complexity index is 972. The van der Waals surface area contributed by atoms with Crippen LogP contribution >= 0.6 is 0 Å². The smallest absolute Gasteiger partial charge is 0.223 e. The van der Waals surface area contributed by atoms with E-state index in [-0.39, 0.29) is 11.9 Å². The normalized spacial score (nSPS) is 12.4. The van der Waals surface area contributed by atoms with Crippen molar-refractivity contribution in [1.29, 1.82) is 0 Å². The summed E-state index contributed by atoms with van der Waals surface area (Å²) < 4.78 is 3.79. The van der Waals surface area contributed by atoms with Crippen LogP contribution in [0.5, 0.6) is 0 Å². The summed E-state index contributed by atoms with van der Waals surface area (Å²) in [5.74, 6) is 0.679. The van der Waals surface area contributed by atoms with Crippen LogP contribution in [-0.4, -0.2) is 42.4 Å². The van der Waals surface area contributed by atoms with Crippen LogP contribution in [0.1, 0.15) is 55.7 Å². The van der Waals surface area contributed by atoms with Crippen LogP contribution in [0.15, 0.2) is 36.9 Å². The Labute approximate surface area is 178 Å². The van der Waals surface area contributed by atoms with E-state index in [0.29, 0.717) is 12.3 Å². The molecule has 0 aliphatic heterocycles. The van der Waals surface area contributed by atoms with Crippen molar-refractivity contribution in [1.82, 2.24) is 29.4 Å². The number of aromatic nitrogens is 5. The molecule has 0 saturated carbocycles. The van der Waals surface area contributed by atoms with E-state index in [1.165, 1.54) is 17.6 Å². The van der Waals surface area contributed by atoms with Gasteiger partial charge in [-0.3, -0.25) is 9.48 Å². The summed E-state index contributed by atoms with van der Waals surface area (Å²) in [5, 5.41) is 8.81. The fourth-order valence-corrected chi connectivity index (χ4v) is 3.71. The Balaban J connectivity index is 1.62. The van der Waals surface area contributed by atoms with E-state index in [9.17, 15) is 4.79 Å². The topological polar surface area (TPSA) is 68.8 Å². The van der Waals surface area contributed by atoms with Crippen LogP contribution in [0.2, 0.25) is 0 Å². The Kier molecular flexibility index (Phi) is 6.70. The molecule has 160 valence electrons. The zero-order valence-electron chi connectivity index (χ0n) is 18.8. The molecule has 2 aromatic heterocycles. The van der Waals surface area contributed by atoms with Crippen LogP contribution < -0.4 is 0 Å². The molecule has 0 aliphatic carbocycles. The van der Waals surface area contributed by atoms with Gasteiger partial charge in [0.1, 0.15) is 12.7 Å². The van der Waals surface area contributed by atoms with Crippen molar-refractivity contribution >= 4 is 5.91 Å². The summed E-state index contributed by atoms with van der Waals surface area (Å²) in [6.45, 7) is 11.5. The molecule has 1 atom stereocenters. The molecule has 3 rings (SSSR count). The van der Waals surface area contributed by atoms with Crippen molar-refractivity contribution in [3.05, 3.63) is 59.4 Å². The lowest BCUT2D eigenvalue weighted by Gasteiger charge is -2.25. The Morgan fingerprint density at radius 3 is 2.43 bits per heavy atom. The third-order valence-electron chi connectivity index (χ3n) is 5.69. The second kappa shape index (κ2) is 9.24. The summed E-state index contributed by atoms with van der Waals surface area (Å²) in [4.78, 5) is 18.7. The lowest BCUT2D eigenvalue weighted by atomic mass is 10.0. The van der Waals surface area contributed by atoms with Gasteiger partial charge in [0.25, 0.3) is 0 Å². The predicted octanol–water partition coefficient (Wildman–Crippen LogP) is 3.89. The molecule has 0 bridgehead atoms. The summed E-state index contributed by atoms with van der Waals surface area (Å²) in [5.41, 5.74) is 5.43. The Morgan fingerprint density at radius 1 is 1.13 bits per heavy atom. The van der Waals surface area contributed by atoms with Crippen LogP contribution in [0.25, 0.3) is 5.69 Å². The average Bonchev–Trinajstić information content (AvgIpc) is 3.34. The van der Waals surface area contributed by atoms with Gasteiger partial charge in [0.05, 0.1) is 17.4 Å². The number of hydrogen-bond donors (Lipinski definition) is 0. The Hall–Kier alpha value is -2.96. The second-order valence-electron chi connectivity index (χ2n) is 8.34. The monoisotopic (exact) mass is 408 g/mol. The minimum absolute atomic E-state index is 0.00634. The minimum Gasteiger partial charge on any atom is -0.339 e. The van der Waals surface area contributed by atoms with Gasteiger partial charge in [-0.2, -0.15) is 10.2 Å². The van der Waals surface area contributed by atoms with Gasteiger partial charge in [-0.1, -0.05) is 26.0 Å². The van der Waals surface area contributed by atoms with Gasteiger partial charge in [0.15, 0.2) is 0 Å². The van der Waals surface area contributed by atoms with Gasteiger partial charge >= 0.3 is 0 Å². The summed E-state index contributed by atoms with van der Waals surface area (Å²) in [7, 11) is 1.88. The molecular formula is C23H32N6O. The maximum atomic E-state index is 12.9. The van der Waals surface area contributed by atoms with E-state index in [1.54, 1.807) is 11.0 Å². The maximum absolute atomic E-state index is 12.9. The van der Waals surface area contributed by atoms with Crippen LogP contribution in [0.3, 0.4) is 0 Å². The van der Waals surface area contributed by atoms with E-state index >= 15 is 0 Å². The van der Waals surface area contributed by atoms with Gasteiger partial charge in [0.2, 0.25) is 5.91 Å². The van der Waals surface area contributed by atoms with Crippen LogP contribution in [-0.2, 0) is 17.8 Å². The van der Waals surface area contributed by atoms with Gasteiger partial charge < -0.3 is 4.90 Å². The fourth-order valence-electron chi connectivity index (χ4n) is 3.71. The first-order chi connectivity index (χ1) is 14.3. The molecule has 0 fully saturated rings. The summed E-state index contributed by atoms with van der Waals surface area (Å²) >= 11 is 0. The molecule has 7 nitrogen and oxygen atoms in total. The summed E-state index contributed by atoms with van der Waals surface area (Å²) in [6, 6.07) is 8.06. The molecule has 7 heteroatoms. The number of amides is 1. The second-order valence-corrected chi connectivity index (χ2v) is 8.34. The highest BCUT2D eigenvalue weighted by atomic mass is 16.2. The fraction of sp³-hybridized carbons (Fsp3) is 0.478. The van der Waals surface area contributed by atoms with Gasteiger partial charge in [-0.15, -0.1) is 0 Å². The number of carbonyl (C=O) groups excluding carboxylic acids is 1. The van der Waals surface area contributed by atoms with Crippen molar-refractivity contribution in [2.45, 2.75) is 60.0 Å². The van der Waals surface area contributed by atoms with E-state index in [2.05, 4.69) is 47.6 Å². The molecule has 1 aromatic carbocycles. The summed E-state index contributed by atoms with van der Waals surface area (Å²) in [6.07, 6.45) is 4.38. The van der Waals surface area contributed by atoms with Crippen molar-refractivity contribution in [2.75, 3.05) is 7.05 Å². The molecular weight excluding hydrogens is 376 g/mol. The number of hydrogen-bond acceptors (Lipinski definition) is 4. The number of nitrogens with zero attached hydrogens (tertiary/aromatic N) is 6. The molecule has 3 aromatic rings. The van der Waals surface area contributed by atoms with Crippen LogP contribution in [0, 0.1) is 19.8 Å². The lowest BCUT2D eigenvalue weighted by Crippen LogP contribution is -2.29. The van der Waals surface area contributed by atoms with E-state index in [0.717, 1.165) is 29.9 Å². The molecule has 30 heavy (non-hydrogen) atoms.